The molecule has 0 radical (unpaired) electrons. The molecule has 0 aromatic carbocycles. The summed E-state index contributed by atoms with van der Waals surface area (Å²) in [6, 6.07) is 0.0144. The van der Waals surface area contributed by atoms with E-state index in [1.807, 2.05) is 0 Å². The Balaban J connectivity index is 1.79. The van der Waals surface area contributed by atoms with Crippen molar-refractivity contribution in [1.82, 2.24) is 10.0 Å². The van der Waals surface area contributed by atoms with Crippen LogP contribution in [0.25, 0.3) is 0 Å². The topological polar surface area (TPSA) is 101 Å². The molecule has 2 rings (SSSR count). The number of carbonyl (C=O) groups is 1. The molecule has 2 aliphatic carbocycles. The fourth-order valence-electron chi connectivity index (χ4n) is 3.60. The molecular weight excluding hydrogens is 302 g/mol. The Morgan fingerprint density at radius 2 is 1.82 bits per heavy atom. The summed E-state index contributed by atoms with van der Waals surface area (Å²) < 4.78 is 26.9. The minimum Gasteiger partial charge on any atom is -0.352 e. The van der Waals surface area contributed by atoms with Gasteiger partial charge in [-0.2, -0.15) is 0 Å². The summed E-state index contributed by atoms with van der Waals surface area (Å²) in [6.45, 7) is 2.73. The van der Waals surface area contributed by atoms with E-state index in [-0.39, 0.29) is 18.0 Å². The highest BCUT2D eigenvalue weighted by molar-refractivity contribution is 7.90. The predicted molar refractivity (Wildman–Crippen MR) is 86.7 cm³/mol. The zero-order valence-corrected chi connectivity index (χ0v) is 14.2. The van der Waals surface area contributed by atoms with Gasteiger partial charge in [-0.3, -0.25) is 4.79 Å². The van der Waals surface area contributed by atoms with Gasteiger partial charge in [-0.1, -0.05) is 13.3 Å². The smallest absolute Gasteiger partial charge is 0.236 e. The Labute approximate surface area is 133 Å². The molecule has 0 saturated heterocycles. The van der Waals surface area contributed by atoms with E-state index in [4.69, 9.17) is 5.73 Å². The molecule has 2 unspecified atom stereocenters. The molecule has 0 aliphatic heterocycles. The van der Waals surface area contributed by atoms with Gasteiger partial charge < -0.3 is 11.1 Å². The maximum atomic E-state index is 12.1. The number of hydrogen-bond donors (Lipinski definition) is 3. The average Bonchev–Trinajstić information content (AvgIpc) is 2.87. The Morgan fingerprint density at radius 3 is 2.45 bits per heavy atom. The van der Waals surface area contributed by atoms with Crippen molar-refractivity contribution >= 4 is 15.9 Å². The van der Waals surface area contributed by atoms with Crippen LogP contribution in [0, 0.1) is 11.8 Å². The van der Waals surface area contributed by atoms with Crippen molar-refractivity contribution in [2.24, 2.45) is 17.6 Å². The van der Waals surface area contributed by atoms with E-state index in [1.54, 1.807) is 0 Å². The Morgan fingerprint density at radius 1 is 1.14 bits per heavy atom. The quantitative estimate of drug-likeness (QED) is 0.668. The first-order chi connectivity index (χ1) is 10.4. The third-order valence-corrected chi connectivity index (χ3v) is 6.33. The van der Waals surface area contributed by atoms with Gasteiger partial charge >= 0.3 is 0 Å². The molecule has 2 fully saturated rings. The van der Waals surface area contributed by atoms with E-state index >= 15 is 0 Å². The van der Waals surface area contributed by atoms with Crippen molar-refractivity contribution < 1.29 is 13.2 Å². The maximum Gasteiger partial charge on any atom is 0.236 e. The standard InChI is InChI=1S/C15H29N3O3S/c1-11-5-7-13(8-6-11)18-22(20,21)10-15(19)17-14-4-2-3-12(14)9-16/h11-14,18H,2-10,16H2,1H3,(H,17,19). The molecule has 0 aromatic rings. The van der Waals surface area contributed by atoms with Gasteiger partial charge in [0.1, 0.15) is 5.75 Å². The van der Waals surface area contributed by atoms with Gasteiger partial charge in [0.05, 0.1) is 0 Å². The second-order valence-corrected chi connectivity index (χ2v) is 8.69. The maximum absolute atomic E-state index is 12.1. The molecule has 0 heterocycles. The zero-order valence-electron chi connectivity index (χ0n) is 13.4. The number of nitrogens with two attached hydrogens (primary N) is 1. The Bertz CT molecular complexity index is 472. The van der Waals surface area contributed by atoms with Crippen LogP contribution in [0.5, 0.6) is 0 Å². The molecule has 7 heteroatoms. The molecule has 2 aliphatic rings. The summed E-state index contributed by atoms with van der Waals surface area (Å²) in [6.07, 6.45) is 6.74. The second-order valence-electron chi connectivity index (χ2n) is 6.93. The van der Waals surface area contributed by atoms with Crippen molar-refractivity contribution in [3.05, 3.63) is 0 Å². The fourth-order valence-corrected chi connectivity index (χ4v) is 4.86. The first-order valence-corrected chi connectivity index (χ1v) is 10.0. The van der Waals surface area contributed by atoms with Crippen LogP contribution in [0.4, 0.5) is 0 Å². The summed E-state index contributed by atoms with van der Waals surface area (Å²) in [5, 5.41) is 2.84. The fraction of sp³-hybridized carbons (Fsp3) is 0.933. The molecule has 1 amide bonds. The molecule has 2 atom stereocenters. The summed E-state index contributed by atoms with van der Waals surface area (Å²) in [7, 11) is -3.56. The highest BCUT2D eigenvalue weighted by atomic mass is 32.2. The lowest BCUT2D eigenvalue weighted by molar-refractivity contribution is -0.119. The number of carbonyl (C=O) groups excluding carboxylic acids is 1. The molecule has 2 saturated carbocycles. The third-order valence-electron chi connectivity index (χ3n) is 4.99. The van der Waals surface area contributed by atoms with Crippen LogP contribution in [0.15, 0.2) is 0 Å². The molecule has 0 aromatic heterocycles. The van der Waals surface area contributed by atoms with E-state index in [2.05, 4.69) is 17.0 Å². The highest BCUT2D eigenvalue weighted by Crippen LogP contribution is 2.25. The lowest BCUT2D eigenvalue weighted by Crippen LogP contribution is -2.46. The first kappa shape index (κ1) is 17.7. The van der Waals surface area contributed by atoms with Crippen molar-refractivity contribution in [2.75, 3.05) is 12.3 Å². The van der Waals surface area contributed by atoms with Gasteiger partial charge in [-0.25, -0.2) is 13.1 Å². The van der Waals surface area contributed by atoms with Gasteiger partial charge in [0.25, 0.3) is 0 Å². The molecular formula is C15H29N3O3S. The number of rotatable bonds is 6. The normalized spacial score (nSPS) is 32.8. The molecule has 4 N–H and O–H groups in total. The Hall–Kier alpha value is -0.660. The number of sulfonamides is 1. The average molecular weight is 331 g/mol. The van der Waals surface area contributed by atoms with Crippen molar-refractivity contribution in [3.63, 3.8) is 0 Å². The van der Waals surface area contributed by atoms with E-state index in [0.29, 0.717) is 12.5 Å². The van der Waals surface area contributed by atoms with Gasteiger partial charge in [-0.05, 0) is 56.9 Å². The minimum absolute atomic E-state index is 0.0164. The summed E-state index contributed by atoms with van der Waals surface area (Å²) in [5.74, 6) is 0.0495. The van der Waals surface area contributed by atoms with Gasteiger partial charge in [0.2, 0.25) is 15.9 Å². The van der Waals surface area contributed by atoms with Crippen LogP contribution in [0.1, 0.15) is 51.9 Å². The number of amides is 1. The van der Waals surface area contributed by atoms with E-state index in [0.717, 1.165) is 44.9 Å². The van der Waals surface area contributed by atoms with E-state index in [9.17, 15) is 13.2 Å². The molecule has 0 bridgehead atoms. The van der Waals surface area contributed by atoms with Gasteiger partial charge in [0, 0.05) is 12.1 Å². The van der Waals surface area contributed by atoms with Crippen LogP contribution < -0.4 is 15.8 Å². The van der Waals surface area contributed by atoms with Gasteiger partial charge in [0.15, 0.2) is 0 Å². The molecule has 0 spiro atoms. The van der Waals surface area contributed by atoms with Crippen molar-refractivity contribution in [2.45, 2.75) is 64.0 Å². The second kappa shape index (κ2) is 7.75. The number of nitrogens with one attached hydrogen (secondary N) is 2. The van der Waals surface area contributed by atoms with Crippen LogP contribution >= 0.6 is 0 Å². The van der Waals surface area contributed by atoms with Crippen molar-refractivity contribution in [1.29, 1.82) is 0 Å². The van der Waals surface area contributed by atoms with Crippen molar-refractivity contribution in [3.8, 4) is 0 Å². The summed E-state index contributed by atoms with van der Waals surface area (Å²) in [4.78, 5) is 12.0. The molecule has 6 nitrogen and oxygen atoms in total. The van der Waals surface area contributed by atoms with Crippen LogP contribution in [-0.4, -0.2) is 38.7 Å². The lowest BCUT2D eigenvalue weighted by Gasteiger charge is -2.26. The summed E-state index contributed by atoms with van der Waals surface area (Å²) in [5.41, 5.74) is 5.68. The summed E-state index contributed by atoms with van der Waals surface area (Å²) >= 11 is 0. The first-order valence-electron chi connectivity index (χ1n) is 8.39. The highest BCUT2D eigenvalue weighted by Gasteiger charge is 2.29. The number of hydrogen-bond acceptors (Lipinski definition) is 4. The zero-order chi connectivity index (χ0) is 16.2. The Kier molecular flexibility index (Phi) is 6.23. The predicted octanol–water partition coefficient (Wildman–Crippen LogP) is 0.728. The monoisotopic (exact) mass is 331 g/mol. The van der Waals surface area contributed by atoms with E-state index < -0.39 is 21.7 Å². The van der Waals surface area contributed by atoms with Crippen LogP contribution in [-0.2, 0) is 14.8 Å². The lowest BCUT2D eigenvalue weighted by atomic mass is 9.88. The SMILES string of the molecule is CC1CCC(NS(=O)(=O)CC(=O)NC2CCCC2CN)CC1. The molecule has 22 heavy (non-hydrogen) atoms. The third kappa shape index (κ3) is 5.21. The van der Waals surface area contributed by atoms with Gasteiger partial charge in [-0.15, -0.1) is 0 Å². The molecule has 128 valence electrons. The van der Waals surface area contributed by atoms with E-state index in [1.165, 1.54) is 0 Å². The van der Waals surface area contributed by atoms with Crippen LogP contribution in [0.2, 0.25) is 0 Å². The largest absolute Gasteiger partial charge is 0.352 e. The van der Waals surface area contributed by atoms with Crippen LogP contribution in [0.3, 0.4) is 0 Å². The minimum atomic E-state index is -3.56.